The molecule has 0 radical (unpaired) electrons. The van der Waals surface area contributed by atoms with E-state index in [1.54, 1.807) is 4.68 Å². The van der Waals surface area contributed by atoms with Gasteiger partial charge in [0.15, 0.2) is 0 Å². The molecule has 0 aliphatic rings. The minimum atomic E-state index is 0.132. The van der Waals surface area contributed by atoms with Crippen LogP contribution < -0.4 is 10.5 Å². The summed E-state index contributed by atoms with van der Waals surface area (Å²) < 4.78 is 7.42. The van der Waals surface area contributed by atoms with Crippen molar-refractivity contribution < 1.29 is 4.74 Å². The largest absolute Gasteiger partial charge is 0.474 e. The average molecular weight is 227 g/mol. The second-order valence-electron chi connectivity index (χ2n) is 3.59. The van der Waals surface area contributed by atoms with Gasteiger partial charge >= 0.3 is 0 Å². The fourth-order valence-corrected chi connectivity index (χ4v) is 1.56. The highest BCUT2D eigenvalue weighted by atomic mass is 32.1. The number of thiocarbonyl (C=S) groups is 1. The first-order valence-corrected chi connectivity index (χ1v) is 5.38. The van der Waals surface area contributed by atoms with Gasteiger partial charge in [-0.3, -0.25) is 0 Å². The van der Waals surface area contributed by atoms with E-state index in [0.29, 0.717) is 10.9 Å². The molecule has 1 aromatic rings. The van der Waals surface area contributed by atoms with E-state index in [1.807, 2.05) is 20.9 Å². The van der Waals surface area contributed by atoms with Crippen LogP contribution in [0.4, 0.5) is 0 Å². The van der Waals surface area contributed by atoms with E-state index >= 15 is 0 Å². The van der Waals surface area contributed by atoms with Gasteiger partial charge < -0.3 is 10.5 Å². The summed E-state index contributed by atoms with van der Waals surface area (Å²) in [5, 5.41) is 4.24. The van der Waals surface area contributed by atoms with Crippen LogP contribution >= 0.6 is 12.2 Å². The van der Waals surface area contributed by atoms with Crippen molar-refractivity contribution in [3.8, 4) is 5.88 Å². The van der Waals surface area contributed by atoms with E-state index in [1.165, 1.54) is 0 Å². The van der Waals surface area contributed by atoms with Crippen LogP contribution in [0.15, 0.2) is 0 Å². The third kappa shape index (κ3) is 2.47. The molecule has 2 N–H and O–H groups in total. The summed E-state index contributed by atoms with van der Waals surface area (Å²) in [6.07, 6.45) is 1.06. The van der Waals surface area contributed by atoms with Crippen LogP contribution in [-0.4, -0.2) is 20.9 Å². The third-order valence-electron chi connectivity index (χ3n) is 2.30. The zero-order valence-corrected chi connectivity index (χ0v) is 10.4. The van der Waals surface area contributed by atoms with Gasteiger partial charge in [0, 0.05) is 7.05 Å². The molecule has 0 bridgehead atoms. The molecule has 0 aliphatic heterocycles. The van der Waals surface area contributed by atoms with Crippen LogP contribution in [-0.2, 0) is 7.05 Å². The zero-order valence-electron chi connectivity index (χ0n) is 9.57. The van der Waals surface area contributed by atoms with E-state index < -0.39 is 0 Å². The van der Waals surface area contributed by atoms with Crippen LogP contribution in [0.1, 0.15) is 31.5 Å². The lowest BCUT2D eigenvalue weighted by molar-refractivity contribution is 0.198. The number of nitrogens with two attached hydrogens (primary N) is 1. The average Bonchev–Trinajstić information content (AvgIpc) is 2.41. The van der Waals surface area contributed by atoms with Gasteiger partial charge in [-0.1, -0.05) is 19.1 Å². The first-order chi connectivity index (χ1) is 6.97. The summed E-state index contributed by atoms with van der Waals surface area (Å²) in [4.78, 5) is 0.332. The van der Waals surface area contributed by atoms with Crippen molar-refractivity contribution in [1.82, 2.24) is 9.78 Å². The highest BCUT2D eigenvalue weighted by molar-refractivity contribution is 7.80. The molecule has 0 aromatic carbocycles. The van der Waals surface area contributed by atoms with Crippen molar-refractivity contribution >= 4 is 17.2 Å². The molecule has 0 aliphatic carbocycles. The van der Waals surface area contributed by atoms with Crippen LogP contribution in [0.5, 0.6) is 5.88 Å². The maximum absolute atomic E-state index is 5.74. The van der Waals surface area contributed by atoms with Gasteiger partial charge in [-0.25, -0.2) is 4.68 Å². The van der Waals surface area contributed by atoms with Crippen molar-refractivity contribution in [2.75, 3.05) is 0 Å². The third-order valence-corrected chi connectivity index (χ3v) is 2.51. The Balaban J connectivity index is 3.09. The molecule has 5 heteroatoms. The second-order valence-corrected chi connectivity index (χ2v) is 4.03. The molecule has 1 rings (SSSR count). The second kappa shape index (κ2) is 4.61. The van der Waals surface area contributed by atoms with Crippen molar-refractivity contribution in [1.29, 1.82) is 0 Å². The summed E-state index contributed by atoms with van der Waals surface area (Å²) in [5.74, 6) is 0.661. The minimum absolute atomic E-state index is 0.132. The molecule has 84 valence electrons. The topological polar surface area (TPSA) is 53.1 Å². The number of rotatable bonds is 4. The normalized spacial score (nSPS) is 12.5. The summed E-state index contributed by atoms with van der Waals surface area (Å²) in [7, 11) is 1.83. The van der Waals surface area contributed by atoms with E-state index in [4.69, 9.17) is 22.7 Å². The zero-order chi connectivity index (χ0) is 11.6. The number of aromatic nitrogens is 2. The minimum Gasteiger partial charge on any atom is -0.474 e. The summed E-state index contributed by atoms with van der Waals surface area (Å²) >= 11 is 4.98. The SMILES string of the molecule is CCC(C)Oc1c(C(N)=S)c(C)nn1C. The van der Waals surface area contributed by atoms with Crippen molar-refractivity contribution in [3.63, 3.8) is 0 Å². The Labute approximate surface area is 95.4 Å². The van der Waals surface area contributed by atoms with Crippen molar-refractivity contribution in [2.45, 2.75) is 33.3 Å². The number of aryl methyl sites for hydroxylation is 2. The van der Waals surface area contributed by atoms with Crippen LogP contribution in [0.25, 0.3) is 0 Å². The van der Waals surface area contributed by atoms with Gasteiger partial charge in [0.05, 0.1) is 17.4 Å². The molecule has 0 saturated carbocycles. The van der Waals surface area contributed by atoms with E-state index in [2.05, 4.69) is 12.0 Å². The molecule has 1 unspecified atom stereocenters. The molecule has 1 aromatic heterocycles. The van der Waals surface area contributed by atoms with Gasteiger partial charge in [0.25, 0.3) is 0 Å². The highest BCUT2D eigenvalue weighted by Crippen LogP contribution is 2.22. The fourth-order valence-electron chi connectivity index (χ4n) is 1.33. The summed E-state index contributed by atoms with van der Waals surface area (Å²) in [6, 6.07) is 0. The maximum atomic E-state index is 5.74. The molecule has 1 atom stereocenters. The van der Waals surface area contributed by atoms with Crippen LogP contribution in [0.2, 0.25) is 0 Å². The van der Waals surface area contributed by atoms with E-state index in [-0.39, 0.29) is 6.10 Å². The standard InChI is InChI=1S/C10H17N3OS/c1-5-6(2)14-10-8(9(11)15)7(3)12-13(10)4/h6H,5H2,1-4H3,(H2,11,15). The van der Waals surface area contributed by atoms with E-state index in [0.717, 1.165) is 17.7 Å². The van der Waals surface area contributed by atoms with Gasteiger partial charge in [-0.2, -0.15) is 5.10 Å². The first kappa shape index (κ1) is 12.0. The Kier molecular flexibility index (Phi) is 3.68. The molecule has 4 nitrogen and oxygen atoms in total. The fraction of sp³-hybridized carbons (Fsp3) is 0.600. The first-order valence-electron chi connectivity index (χ1n) is 4.97. The molecule has 0 saturated heterocycles. The lowest BCUT2D eigenvalue weighted by Crippen LogP contribution is -2.17. The van der Waals surface area contributed by atoms with Crippen LogP contribution in [0.3, 0.4) is 0 Å². The molecule has 1 heterocycles. The summed E-state index contributed by atoms with van der Waals surface area (Å²) in [6.45, 7) is 5.94. The van der Waals surface area contributed by atoms with E-state index in [9.17, 15) is 0 Å². The molecule has 0 spiro atoms. The molecule has 0 amide bonds. The maximum Gasteiger partial charge on any atom is 0.222 e. The molecule has 15 heavy (non-hydrogen) atoms. The Morgan fingerprint density at radius 1 is 1.67 bits per heavy atom. The van der Waals surface area contributed by atoms with Crippen molar-refractivity contribution in [2.24, 2.45) is 12.8 Å². The highest BCUT2D eigenvalue weighted by Gasteiger charge is 2.18. The Morgan fingerprint density at radius 2 is 2.27 bits per heavy atom. The van der Waals surface area contributed by atoms with Gasteiger partial charge in [-0.05, 0) is 20.3 Å². The number of hydrogen-bond donors (Lipinski definition) is 1. The number of hydrogen-bond acceptors (Lipinski definition) is 3. The lowest BCUT2D eigenvalue weighted by Gasteiger charge is -2.13. The van der Waals surface area contributed by atoms with Gasteiger partial charge in [-0.15, -0.1) is 0 Å². The smallest absolute Gasteiger partial charge is 0.222 e. The van der Waals surface area contributed by atoms with Gasteiger partial charge in [0.2, 0.25) is 5.88 Å². The molecular formula is C10H17N3OS. The lowest BCUT2D eigenvalue weighted by atomic mass is 10.2. The summed E-state index contributed by atoms with van der Waals surface area (Å²) in [5.41, 5.74) is 7.20. The Morgan fingerprint density at radius 3 is 2.73 bits per heavy atom. The molecule has 0 fully saturated rings. The van der Waals surface area contributed by atoms with Gasteiger partial charge in [0.1, 0.15) is 4.99 Å². The predicted octanol–water partition coefficient (Wildman–Crippen LogP) is 1.54. The quantitative estimate of drug-likeness (QED) is 0.793. The predicted molar refractivity (Wildman–Crippen MR) is 64.2 cm³/mol. The van der Waals surface area contributed by atoms with Crippen molar-refractivity contribution in [3.05, 3.63) is 11.3 Å². The Hall–Kier alpha value is -1.10. The van der Waals surface area contributed by atoms with Crippen LogP contribution in [0, 0.1) is 6.92 Å². The monoisotopic (exact) mass is 227 g/mol. The molecular weight excluding hydrogens is 210 g/mol. The Bertz CT molecular complexity index is 373. The number of ether oxygens (including phenoxy) is 1. The number of nitrogens with zero attached hydrogens (tertiary/aromatic N) is 2.